The lowest BCUT2D eigenvalue weighted by Crippen LogP contribution is -2.14. The van der Waals surface area contributed by atoms with Gasteiger partial charge in [0.1, 0.15) is 0 Å². The van der Waals surface area contributed by atoms with E-state index in [1.54, 1.807) is 24.3 Å². The highest BCUT2D eigenvalue weighted by Crippen LogP contribution is 2.32. The van der Waals surface area contributed by atoms with Crippen LogP contribution in [0.3, 0.4) is 0 Å². The number of aromatic nitrogens is 1. The van der Waals surface area contributed by atoms with Crippen LogP contribution in [0.25, 0.3) is 33.3 Å². The van der Waals surface area contributed by atoms with Crippen LogP contribution in [0.5, 0.6) is 0 Å². The zero-order valence-electron chi connectivity index (χ0n) is 15.6. The van der Waals surface area contributed by atoms with Gasteiger partial charge >= 0.3 is 0 Å². The van der Waals surface area contributed by atoms with Crippen LogP contribution in [0.2, 0.25) is 0 Å². The number of rotatable bonds is 3. The molecule has 3 aromatic carbocycles. The first kappa shape index (κ1) is 18.2. The van der Waals surface area contributed by atoms with E-state index in [1.807, 2.05) is 66.2 Å². The molecule has 0 amide bonds. The van der Waals surface area contributed by atoms with Gasteiger partial charge in [-0.25, -0.2) is 8.42 Å². The van der Waals surface area contributed by atoms with E-state index in [2.05, 4.69) is 0 Å². The molecular formula is C23H19NO3S. The number of para-hydroxylation sites is 1. The minimum atomic E-state index is -3.30. The van der Waals surface area contributed by atoms with Crippen molar-refractivity contribution in [3.63, 3.8) is 0 Å². The molecule has 0 saturated carbocycles. The lowest BCUT2D eigenvalue weighted by atomic mass is 9.96. The summed E-state index contributed by atoms with van der Waals surface area (Å²) in [5.74, 6) is 0. The molecule has 0 N–H and O–H groups in total. The third kappa shape index (κ3) is 3.04. The Hall–Kier alpha value is -3.18. The van der Waals surface area contributed by atoms with E-state index in [1.165, 1.54) is 6.26 Å². The van der Waals surface area contributed by atoms with E-state index in [-0.39, 0.29) is 10.3 Å². The molecule has 0 aliphatic carbocycles. The van der Waals surface area contributed by atoms with Crippen molar-refractivity contribution in [2.75, 3.05) is 6.26 Å². The Labute approximate surface area is 163 Å². The summed E-state index contributed by atoms with van der Waals surface area (Å²) in [6, 6.07) is 23.8. The van der Waals surface area contributed by atoms with Crippen molar-refractivity contribution in [2.45, 2.75) is 4.90 Å². The van der Waals surface area contributed by atoms with Crippen LogP contribution in [-0.4, -0.2) is 19.2 Å². The van der Waals surface area contributed by atoms with Gasteiger partial charge in [-0.05, 0) is 35.4 Å². The molecule has 0 fully saturated rings. The average Bonchev–Trinajstić information content (AvgIpc) is 2.70. The second-order valence-corrected chi connectivity index (χ2v) is 8.81. The molecule has 5 heteroatoms. The monoisotopic (exact) mass is 389 g/mol. The Kier molecular flexibility index (Phi) is 4.40. The fraction of sp³-hybridized carbons (Fsp3) is 0.0870. The lowest BCUT2D eigenvalue weighted by molar-refractivity contribution is 0.602. The van der Waals surface area contributed by atoms with Gasteiger partial charge in [-0.1, -0.05) is 54.6 Å². The first-order valence-electron chi connectivity index (χ1n) is 8.85. The molecule has 0 aliphatic heterocycles. The molecule has 0 saturated heterocycles. The predicted molar refractivity (Wildman–Crippen MR) is 113 cm³/mol. The summed E-state index contributed by atoms with van der Waals surface area (Å²) in [7, 11) is -1.36. The van der Waals surface area contributed by atoms with Gasteiger partial charge in [-0.15, -0.1) is 0 Å². The summed E-state index contributed by atoms with van der Waals surface area (Å²) >= 11 is 0. The molecule has 0 atom stereocenters. The van der Waals surface area contributed by atoms with Gasteiger partial charge in [-0.2, -0.15) is 0 Å². The number of hydrogen-bond donors (Lipinski definition) is 0. The fourth-order valence-corrected chi connectivity index (χ4v) is 4.19. The SMILES string of the molecule is Cn1c(-c2ccccc2)c(-c2ccc(S(C)(=O)=O)cc2)c(=O)c2ccccc21. The molecule has 1 aromatic heterocycles. The maximum absolute atomic E-state index is 13.4. The van der Waals surface area contributed by atoms with Crippen LogP contribution in [0.4, 0.5) is 0 Å². The van der Waals surface area contributed by atoms with Crippen molar-refractivity contribution in [2.24, 2.45) is 7.05 Å². The van der Waals surface area contributed by atoms with Gasteiger partial charge in [0.15, 0.2) is 15.3 Å². The highest BCUT2D eigenvalue weighted by Gasteiger charge is 2.18. The Morgan fingerprint density at radius 2 is 1.36 bits per heavy atom. The van der Waals surface area contributed by atoms with Gasteiger partial charge < -0.3 is 4.57 Å². The van der Waals surface area contributed by atoms with Crippen LogP contribution in [0.1, 0.15) is 0 Å². The molecule has 4 aromatic rings. The number of aryl methyl sites for hydroxylation is 1. The Balaban J connectivity index is 2.10. The third-order valence-electron chi connectivity index (χ3n) is 4.93. The van der Waals surface area contributed by atoms with Crippen LogP contribution >= 0.6 is 0 Å². The summed E-state index contributed by atoms with van der Waals surface area (Å²) in [5.41, 5.74) is 3.76. The van der Waals surface area contributed by atoms with E-state index in [4.69, 9.17) is 0 Å². The molecule has 0 unspecified atom stereocenters. The van der Waals surface area contributed by atoms with E-state index in [0.717, 1.165) is 16.8 Å². The molecule has 4 nitrogen and oxygen atoms in total. The number of benzene rings is 3. The maximum atomic E-state index is 13.4. The van der Waals surface area contributed by atoms with Crippen LogP contribution in [0.15, 0.2) is 88.6 Å². The number of nitrogens with zero attached hydrogens (tertiary/aromatic N) is 1. The van der Waals surface area contributed by atoms with E-state index >= 15 is 0 Å². The Morgan fingerprint density at radius 1 is 0.750 bits per heavy atom. The summed E-state index contributed by atoms with van der Waals surface area (Å²) < 4.78 is 25.6. The summed E-state index contributed by atoms with van der Waals surface area (Å²) in [6.45, 7) is 0. The maximum Gasteiger partial charge on any atom is 0.197 e. The highest BCUT2D eigenvalue weighted by molar-refractivity contribution is 7.90. The number of hydrogen-bond acceptors (Lipinski definition) is 3. The topological polar surface area (TPSA) is 56.1 Å². The summed E-state index contributed by atoms with van der Waals surface area (Å²) in [4.78, 5) is 13.7. The van der Waals surface area contributed by atoms with Crippen molar-refractivity contribution in [1.82, 2.24) is 4.57 Å². The molecule has 0 bridgehead atoms. The van der Waals surface area contributed by atoms with Crippen molar-refractivity contribution >= 4 is 20.7 Å². The minimum Gasteiger partial charge on any atom is -0.343 e. The Bertz CT molecular complexity index is 1340. The summed E-state index contributed by atoms with van der Waals surface area (Å²) in [5, 5.41) is 0.631. The highest BCUT2D eigenvalue weighted by atomic mass is 32.2. The van der Waals surface area contributed by atoms with Gasteiger partial charge in [0.05, 0.1) is 21.7 Å². The Morgan fingerprint density at radius 3 is 2.00 bits per heavy atom. The molecule has 0 radical (unpaired) electrons. The number of pyridine rings is 1. The van der Waals surface area contributed by atoms with Crippen molar-refractivity contribution in [3.8, 4) is 22.4 Å². The standard InChI is InChI=1S/C23H19NO3S/c1-24-20-11-7-6-10-19(20)23(25)21(22(24)17-8-4-3-5-9-17)16-12-14-18(15-13-16)28(2,26)27/h3-15H,1-2H3. The first-order chi connectivity index (χ1) is 13.4. The third-order valence-corrected chi connectivity index (χ3v) is 6.06. The molecule has 140 valence electrons. The average molecular weight is 389 g/mol. The second kappa shape index (κ2) is 6.77. The molecule has 0 spiro atoms. The number of sulfone groups is 1. The lowest BCUT2D eigenvalue weighted by Gasteiger charge is -2.18. The van der Waals surface area contributed by atoms with Crippen molar-refractivity contribution < 1.29 is 8.42 Å². The van der Waals surface area contributed by atoms with Crippen molar-refractivity contribution in [3.05, 3.63) is 89.1 Å². The fourth-order valence-electron chi connectivity index (χ4n) is 3.56. The van der Waals surface area contributed by atoms with E-state index in [0.29, 0.717) is 16.5 Å². The van der Waals surface area contributed by atoms with Gasteiger partial charge in [0.25, 0.3) is 0 Å². The van der Waals surface area contributed by atoms with Gasteiger partial charge in [0, 0.05) is 18.7 Å². The molecule has 4 rings (SSSR count). The van der Waals surface area contributed by atoms with Gasteiger partial charge in [-0.3, -0.25) is 4.79 Å². The minimum absolute atomic E-state index is 0.0698. The van der Waals surface area contributed by atoms with Crippen LogP contribution in [0, 0.1) is 0 Å². The first-order valence-corrected chi connectivity index (χ1v) is 10.7. The second-order valence-electron chi connectivity index (χ2n) is 6.79. The zero-order valence-corrected chi connectivity index (χ0v) is 16.4. The quantitative estimate of drug-likeness (QED) is 0.526. The molecular weight excluding hydrogens is 370 g/mol. The predicted octanol–water partition coefficient (Wildman–Crippen LogP) is 4.28. The van der Waals surface area contributed by atoms with Crippen LogP contribution < -0.4 is 5.43 Å². The largest absolute Gasteiger partial charge is 0.343 e. The summed E-state index contributed by atoms with van der Waals surface area (Å²) in [6.07, 6.45) is 1.17. The molecule has 0 aliphatic rings. The van der Waals surface area contributed by atoms with Crippen molar-refractivity contribution in [1.29, 1.82) is 0 Å². The zero-order chi connectivity index (χ0) is 19.9. The normalized spacial score (nSPS) is 11.6. The van der Waals surface area contributed by atoms with Gasteiger partial charge in [0.2, 0.25) is 0 Å². The molecule has 28 heavy (non-hydrogen) atoms. The van der Waals surface area contributed by atoms with E-state index in [9.17, 15) is 13.2 Å². The number of fused-ring (bicyclic) bond motifs is 1. The smallest absolute Gasteiger partial charge is 0.197 e. The van der Waals surface area contributed by atoms with E-state index < -0.39 is 9.84 Å². The molecule has 1 heterocycles. The van der Waals surface area contributed by atoms with Crippen LogP contribution in [-0.2, 0) is 16.9 Å².